The van der Waals surface area contributed by atoms with Gasteiger partial charge in [-0.2, -0.15) is 0 Å². The van der Waals surface area contributed by atoms with E-state index in [1.807, 2.05) is 13.8 Å². The van der Waals surface area contributed by atoms with Crippen LogP contribution in [-0.2, 0) is 4.79 Å². The Morgan fingerprint density at radius 3 is 2.41 bits per heavy atom. The summed E-state index contributed by atoms with van der Waals surface area (Å²) in [6.45, 7) is 5.42. The van der Waals surface area contributed by atoms with Crippen molar-refractivity contribution in [3.05, 3.63) is 28.8 Å². The standard InChI is InChI=1S/C17H23NO4/c1-10-5-4-6-14(10)18-17(21)13-7-11(2)16(12(3)8-13)22-9-15(19)20/h7-8,10,14H,4-6,9H2,1-3H3,(H,18,21)(H,19,20). The van der Waals surface area contributed by atoms with Gasteiger partial charge in [0.25, 0.3) is 5.91 Å². The lowest BCUT2D eigenvalue weighted by molar-refractivity contribution is -0.139. The Morgan fingerprint density at radius 1 is 1.27 bits per heavy atom. The topological polar surface area (TPSA) is 75.6 Å². The highest BCUT2D eigenvalue weighted by Gasteiger charge is 2.25. The summed E-state index contributed by atoms with van der Waals surface area (Å²) in [5.74, 6) is -0.0388. The molecular weight excluding hydrogens is 282 g/mol. The third kappa shape index (κ3) is 3.78. The molecule has 0 radical (unpaired) electrons. The van der Waals surface area contributed by atoms with Crippen molar-refractivity contribution in [1.82, 2.24) is 5.32 Å². The van der Waals surface area contributed by atoms with Gasteiger partial charge in [0.15, 0.2) is 6.61 Å². The van der Waals surface area contributed by atoms with Crippen LogP contribution in [0.5, 0.6) is 5.75 Å². The van der Waals surface area contributed by atoms with E-state index in [0.717, 1.165) is 30.4 Å². The van der Waals surface area contributed by atoms with Gasteiger partial charge in [-0.1, -0.05) is 13.3 Å². The fourth-order valence-electron chi connectivity index (χ4n) is 3.05. The predicted molar refractivity (Wildman–Crippen MR) is 83.3 cm³/mol. The molecule has 2 atom stereocenters. The fraction of sp³-hybridized carbons (Fsp3) is 0.529. The van der Waals surface area contributed by atoms with Gasteiger partial charge in [0.2, 0.25) is 0 Å². The number of carbonyl (C=O) groups excluding carboxylic acids is 1. The molecule has 5 nitrogen and oxygen atoms in total. The van der Waals surface area contributed by atoms with Crippen LogP contribution >= 0.6 is 0 Å². The smallest absolute Gasteiger partial charge is 0.341 e. The molecule has 1 aliphatic carbocycles. The van der Waals surface area contributed by atoms with Crippen LogP contribution < -0.4 is 10.1 Å². The molecule has 0 saturated heterocycles. The minimum atomic E-state index is -1.02. The molecule has 1 fully saturated rings. The maximum Gasteiger partial charge on any atom is 0.341 e. The molecular formula is C17H23NO4. The first-order valence-electron chi connectivity index (χ1n) is 7.65. The normalized spacial score (nSPS) is 20.7. The van der Waals surface area contributed by atoms with Gasteiger partial charge in [-0.3, -0.25) is 4.79 Å². The van der Waals surface area contributed by atoms with Crippen molar-refractivity contribution in [3.63, 3.8) is 0 Å². The Bertz CT molecular complexity index is 559. The second kappa shape index (κ2) is 6.81. The van der Waals surface area contributed by atoms with Crippen LogP contribution in [0.1, 0.15) is 47.7 Å². The SMILES string of the molecule is Cc1cc(C(=O)NC2CCCC2C)cc(C)c1OCC(=O)O. The van der Waals surface area contributed by atoms with Crippen molar-refractivity contribution in [3.8, 4) is 5.75 Å². The molecule has 0 aromatic heterocycles. The van der Waals surface area contributed by atoms with Crippen molar-refractivity contribution in [2.45, 2.75) is 46.1 Å². The van der Waals surface area contributed by atoms with E-state index in [-0.39, 0.29) is 18.6 Å². The monoisotopic (exact) mass is 305 g/mol. The molecule has 0 spiro atoms. The molecule has 1 saturated carbocycles. The summed E-state index contributed by atoms with van der Waals surface area (Å²) < 4.78 is 5.28. The summed E-state index contributed by atoms with van der Waals surface area (Å²) in [6, 6.07) is 3.74. The zero-order valence-corrected chi connectivity index (χ0v) is 13.3. The van der Waals surface area contributed by atoms with Crippen LogP contribution in [0.15, 0.2) is 12.1 Å². The highest BCUT2D eigenvalue weighted by molar-refractivity contribution is 5.95. The van der Waals surface area contributed by atoms with Gasteiger partial charge in [0.05, 0.1) is 0 Å². The number of hydrogen-bond acceptors (Lipinski definition) is 3. The second-order valence-electron chi connectivity index (χ2n) is 6.11. The first kappa shape index (κ1) is 16.3. The largest absolute Gasteiger partial charge is 0.481 e. The van der Waals surface area contributed by atoms with Crippen molar-refractivity contribution >= 4 is 11.9 Å². The van der Waals surface area contributed by atoms with E-state index in [2.05, 4.69) is 12.2 Å². The number of ether oxygens (including phenoxy) is 1. The Labute approximate surface area is 130 Å². The van der Waals surface area contributed by atoms with Gasteiger partial charge in [0, 0.05) is 11.6 Å². The lowest BCUT2D eigenvalue weighted by Gasteiger charge is -2.18. The van der Waals surface area contributed by atoms with E-state index in [1.165, 1.54) is 0 Å². The molecule has 2 N–H and O–H groups in total. The highest BCUT2D eigenvalue weighted by Crippen LogP contribution is 2.27. The Hall–Kier alpha value is -2.04. The summed E-state index contributed by atoms with van der Waals surface area (Å²) in [4.78, 5) is 23.0. The Balaban J connectivity index is 2.11. The van der Waals surface area contributed by atoms with Crippen LogP contribution in [-0.4, -0.2) is 29.6 Å². The van der Waals surface area contributed by atoms with Crippen molar-refractivity contribution in [2.24, 2.45) is 5.92 Å². The molecule has 1 aliphatic rings. The summed E-state index contributed by atoms with van der Waals surface area (Å²) in [5, 5.41) is 11.8. The maximum absolute atomic E-state index is 12.4. The van der Waals surface area contributed by atoms with E-state index < -0.39 is 5.97 Å². The molecule has 1 amide bonds. The number of aryl methyl sites for hydroxylation is 2. The maximum atomic E-state index is 12.4. The van der Waals surface area contributed by atoms with Gasteiger partial charge in [0.1, 0.15) is 5.75 Å². The average Bonchev–Trinajstić information content (AvgIpc) is 2.82. The molecule has 0 aliphatic heterocycles. The lowest BCUT2D eigenvalue weighted by atomic mass is 10.0. The number of rotatable bonds is 5. The van der Waals surface area contributed by atoms with Gasteiger partial charge in [-0.05, 0) is 55.9 Å². The van der Waals surface area contributed by atoms with Gasteiger partial charge < -0.3 is 15.2 Å². The van der Waals surface area contributed by atoms with Crippen LogP contribution in [0.25, 0.3) is 0 Å². The zero-order chi connectivity index (χ0) is 16.3. The number of amides is 1. The zero-order valence-electron chi connectivity index (χ0n) is 13.3. The lowest BCUT2D eigenvalue weighted by Crippen LogP contribution is -2.36. The minimum Gasteiger partial charge on any atom is -0.481 e. The third-order valence-corrected chi connectivity index (χ3v) is 4.24. The van der Waals surface area contributed by atoms with Gasteiger partial charge >= 0.3 is 5.97 Å². The van der Waals surface area contributed by atoms with Crippen LogP contribution in [0.3, 0.4) is 0 Å². The first-order valence-corrected chi connectivity index (χ1v) is 7.65. The van der Waals surface area contributed by atoms with Crippen molar-refractivity contribution in [2.75, 3.05) is 6.61 Å². The summed E-state index contributed by atoms with van der Waals surface area (Å²) in [7, 11) is 0. The number of carboxylic acids is 1. The third-order valence-electron chi connectivity index (χ3n) is 4.24. The number of aliphatic carboxylic acids is 1. The summed E-state index contributed by atoms with van der Waals surface area (Å²) in [5.41, 5.74) is 2.13. The van der Waals surface area contributed by atoms with Crippen LogP contribution in [0.4, 0.5) is 0 Å². The Kier molecular flexibility index (Phi) is 5.06. The highest BCUT2D eigenvalue weighted by atomic mass is 16.5. The fourth-order valence-corrected chi connectivity index (χ4v) is 3.05. The van der Waals surface area contributed by atoms with Crippen LogP contribution in [0.2, 0.25) is 0 Å². The summed E-state index contributed by atoms with van der Waals surface area (Å²) in [6.07, 6.45) is 3.35. The molecule has 1 aromatic carbocycles. The number of carbonyl (C=O) groups is 2. The van der Waals surface area contributed by atoms with E-state index >= 15 is 0 Å². The van der Waals surface area contributed by atoms with E-state index in [9.17, 15) is 9.59 Å². The van der Waals surface area contributed by atoms with Gasteiger partial charge in [-0.25, -0.2) is 4.79 Å². The molecule has 0 heterocycles. The quantitative estimate of drug-likeness (QED) is 0.877. The minimum absolute atomic E-state index is 0.0743. The molecule has 5 heteroatoms. The number of hydrogen-bond donors (Lipinski definition) is 2. The second-order valence-corrected chi connectivity index (χ2v) is 6.11. The first-order chi connectivity index (χ1) is 10.4. The summed E-state index contributed by atoms with van der Waals surface area (Å²) >= 11 is 0. The molecule has 2 rings (SSSR count). The molecule has 2 unspecified atom stereocenters. The molecule has 0 bridgehead atoms. The van der Waals surface area contributed by atoms with E-state index in [0.29, 0.717) is 17.2 Å². The van der Waals surface area contributed by atoms with Crippen LogP contribution in [0, 0.1) is 19.8 Å². The van der Waals surface area contributed by atoms with Crippen molar-refractivity contribution < 1.29 is 19.4 Å². The van der Waals surface area contributed by atoms with E-state index in [4.69, 9.17) is 9.84 Å². The van der Waals surface area contributed by atoms with E-state index in [1.54, 1.807) is 12.1 Å². The molecule has 1 aromatic rings. The number of nitrogens with one attached hydrogen (secondary N) is 1. The molecule has 22 heavy (non-hydrogen) atoms. The predicted octanol–water partition coefficient (Wildman–Crippen LogP) is 2.69. The van der Waals surface area contributed by atoms with Gasteiger partial charge in [-0.15, -0.1) is 0 Å². The molecule has 120 valence electrons. The Morgan fingerprint density at radius 2 is 1.91 bits per heavy atom. The number of carboxylic acid groups (broad SMARTS) is 1. The van der Waals surface area contributed by atoms with Crippen molar-refractivity contribution in [1.29, 1.82) is 0 Å². The average molecular weight is 305 g/mol. The number of benzene rings is 1.